The standard InChI is InChI=1S/C7H15N5O.ClH/c8-7(9)11-4-6(13)12-5-1-2-10-3-5;/h5,10H,1-4H2,(H,12,13)(H4,8,9,11);1H/t5-;/m0./s1. The topological polar surface area (TPSA) is 106 Å². The highest BCUT2D eigenvalue weighted by Crippen LogP contribution is 1.96. The van der Waals surface area contributed by atoms with Gasteiger partial charge in [0.05, 0.1) is 0 Å². The lowest BCUT2D eigenvalue weighted by molar-refractivity contribution is -0.120. The molecule has 1 heterocycles. The summed E-state index contributed by atoms with van der Waals surface area (Å²) in [6, 6.07) is 0.224. The first-order valence-electron chi connectivity index (χ1n) is 4.24. The van der Waals surface area contributed by atoms with Crippen LogP contribution < -0.4 is 22.1 Å². The van der Waals surface area contributed by atoms with E-state index in [1.54, 1.807) is 0 Å². The maximum Gasteiger partial charge on any atom is 0.242 e. The van der Waals surface area contributed by atoms with Crippen molar-refractivity contribution in [3.05, 3.63) is 0 Å². The van der Waals surface area contributed by atoms with Gasteiger partial charge in [-0.05, 0) is 13.0 Å². The van der Waals surface area contributed by atoms with E-state index in [4.69, 9.17) is 11.5 Å². The molecule has 1 aliphatic heterocycles. The number of nitrogens with one attached hydrogen (secondary N) is 2. The lowest BCUT2D eigenvalue weighted by Gasteiger charge is -2.09. The van der Waals surface area contributed by atoms with Gasteiger partial charge in [-0.2, -0.15) is 0 Å². The van der Waals surface area contributed by atoms with Crippen LogP contribution in [0.2, 0.25) is 0 Å². The van der Waals surface area contributed by atoms with Gasteiger partial charge >= 0.3 is 0 Å². The smallest absolute Gasteiger partial charge is 0.242 e. The normalized spacial score (nSPS) is 19.6. The fourth-order valence-electron chi connectivity index (χ4n) is 1.21. The molecule has 6 nitrogen and oxygen atoms in total. The third kappa shape index (κ3) is 4.88. The number of hydrogen-bond donors (Lipinski definition) is 4. The highest BCUT2D eigenvalue weighted by Gasteiger charge is 2.15. The van der Waals surface area contributed by atoms with E-state index in [1.165, 1.54) is 0 Å². The molecule has 82 valence electrons. The summed E-state index contributed by atoms with van der Waals surface area (Å²) in [5.74, 6) is -0.193. The van der Waals surface area contributed by atoms with E-state index in [2.05, 4.69) is 15.6 Å². The number of carbonyl (C=O) groups is 1. The van der Waals surface area contributed by atoms with Crippen LogP contribution in [0.3, 0.4) is 0 Å². The predicted molar refractivity (Wildman–Crippen MR) is 57.3 cm³/mol. The Balaban J connectivity index is 0.00000169. The third-order valence-electron chi connectivity index (χ3n) is 1.83. The molecule has 1 rings (SSSR count). The molecule has 1 saturated heterocycles. The molecular weight excluding hydrogens is 206 g/mol. The van der Waals surface area contributed by atoms with E-state index >= 15 is 0 Å². The molecule has 0 bridgehead atoms. The minimum atomic E-state index is -0.137. The van der Waals surface area contributed by atoms with Crippen molar-refractivity contribution in [2.75, 3.05) is 19.6 Å². The van der Waals surface area contributed by atoms with Crippen molar-refractivity contribution in [2.24, 2.45) is 16.5 Å². The van der Waals surface area contributed by atoms with E-state index in [-0.39, 0.29) is 36.9 Å². The average Bonchev–Trinajstić information content (AvgIpc) is 2.53. The molecular formula is C7H16ClN5O. The highest BCUT2D eigenvalue weighted by molar-refractivity contribution is 5.85. The van der Waals surface area contributed by atoms with Gasteiger partial charge in [-0.3, -0.25) is 4.79 Å². The first-order chi connectivity index (χ1) is 6.18. The molecule has 0 spiro atoms. The number of amides is 1. The second-order valence-corrected chi connectivity index (χ2v) is 3.00. The molecule has 7 heteroatoms. The van der Waals surface area contributed by atoms with Crippen LogP contribution in [-0.4, -0.2) is 37.5 Å². The molecule has 0 aromatic carbocycles. The summed E-state index contributed by atoms with van der Waals surface area (Å²) in [5.41, 5.74) is 10.2. The number of rotatable bonds is 3. The largest absolute Gasteiger partial charge is 0.370 e. The molecule has 0 aliphatic carbocycles. The van der Waals surface area contributed by atoms with E-state index in [0.29, 0.717) is 0 Å². The Kier molecular flexibility index (Phi) is 5.98. The van der Waals surface area contributed by atoms with Gasteiger partial charge in [-0.25, -0.2) is 4.99 Å². The Bertz CT molecular complexity index is 210. The fraction of sp³-hybridized carbons (Fsp3) is 0.714. The second kappa shape index (κ2) is 6.44. The van der Waals surface area contributed by atoms with Crippen molar-refractivity contribution in [1.29, 1.82) is 0 Å². The molecule has 1 fully saturated rings. The van der Waals surface area contributed by atoms with Gasteiger partial charge in [0.25, 0.3) is 0 Å². The van der Waals surface area contributed by atoms with Crippen LogP contribution >= 0.6 is 12.4 Å². The summed E-state index contributed by atoms with van der Waals surface area (Å²) in [6.45, 7) is 1.79. The van der Waals surface area contributed by atoms with Crippen molar-refractivity contribution in [3.63, 3.8) is 0 Å². The third-order valence-corrected chi connectivity index (χ3v) is 1.83. The maximum atomic E-state index is 11.1. The van der Waals surface area contributed by atoms with Crippen LogP contribution in [0.1, 0.15) is 6.42 Å². The zero-order valence-corrected chi connectivity index (χ0v) is 8.64. The summed E-state index contributed by atoms with van der Waals surface area (Å²) < 4.78 is 0. The van der Waals surface area contributed by atoms with Crippen LogP contribution in [0.15, 0.2) is 4.99 Å². The number of nitrogens with zero attached hydrogens (tertiary/aromatic N) is 1. The summed E-state index contributed by atoms with van der Waals surface area (Å²) in [5, 5.41) is 5.96. The van der Waals surface area contributed by atoms with Gasteiger partial charge in [0.15, 0.2) is 5.96 Å². The van der Waals surface area contributed by atoms with Gasteiger partial charge in [-0.1, -0.05) is 0 Å². The first kappa shape index (κ1) is 13.0. The minimum absolute atomic E-state index is 0. The molecule has 1 amide bonds. The lowest BCUT2D eigenvalue weighted by Crippen LogP contribution is -2.38. The molecule has 0 aromatic rings. The van der Waals surface area contributed by atoms with E-state index in [9.17, 15) is 4.79 Å². The summed E-state index contributed by atoms with van der Waals surface area (Å²) in [7, 11) is 0. The number of nitrogens with two attached hydrogens (primary N) is 2. The quantitative estimate of drug-likeness (QED) is 0.332. The lowest BCUT2D eigenvalue weighted by atomic mass is 10.2. The average molecular weight is 222 g/mol. The Hall–Kier alpha value is -1.01. The van der Waals surface area contributed by atoms with Crippen molar-refractivity contribution in [1.82, 2.24) is 10.6 Å². The van der Waals surface area contributed by atoms with Gasteiger partial charge in [0.2, 0.25) is 5.91 Å². The van der Waals surface area contributed by atoms with Gasteiger partial charge < -0.3 is 22.1 Å². The molecule has 14 heavy (non-hydrogen) atoms. The Morgan fingerprint density at radius 1 is 1.57 bits per heavy atom. The van der Waals surface area contributed by atoms with Crippen LogP contribution in [0.25, 0.3) is 0 Å². The van der Waals surface area contributed by atoms with Crippen molar-refractivity contribution in [2.45, 2.75) is 12.5 Å². The molecule has 1 atom stereocenters. The number of guanidine groups is 1. The van der Waals surface area contributed by atoms with Gasteiger partial charge in [0.1, 0.15) is 6.54 Å². The molecule has 0 radical (unpaired) electrons. The summed E-state index contributed by atoms with van der Waals surface area (Å²) >= 11 is 0. The number of aliphatic imine (C=N–C) groups is 1. The van der Waals surface area contributed by atoms with Crippen molar-refractivity contribution < 1.29 is 4.79 Å². The van der Waals surface area contributed by atoms with Crippen molar-refractivity contribution in [3.8, 4) is 0 Å². The molecule has 0 aromatic heterocycles. The van der Waals surface area contributed by atoms with E-state index < -0.39 is 0 Å². The zero-order chi connectivity index (χ0) is 9.68. The van der Waals surface area contributed by atoms with E-state index in [1.807, 2.05) is 0 Å². The van der Waals surface area contributed by atoms with Gasteiger partial charge in [0, 0.05) is 12.6 Å². The zero-order valence-electron chi connectivity index (χ0n) is 7.82. The summed E-state index contributed by atoms with van der Waals surface area (Å²) in [4.78, 5) is 14.8. The number of hydrogen-bond acceptors (Lipinski definition) is 3. The Morgan fingerprint density at radius 2 is 2.29 bits per heavy atom. The predicted octanol–water partition coefficient (Wildman–Crippen LogP) is -1.84. The number of carbonyl (C=O) groups excluding carboxylic acids is 1. The molecule has 0 saturated carbocycles. The maximum absolute atomic E-state index is 11.1. The summed E-state index contributed by atoms with van der Waals surface area (Å²) in [6.07, 6.45) is 0.966. The monoisotopic (exact) mass is 221 g/mol. The van der Waals surface area contributed by atoms with Gasteiger partial charge in [-0.15, -0.1) is 12.4 Å². The Morgan fingerprint density at radius 3 is 2.79 bits per heavy atom. The van der Waals surface area contributed by atoms with Crippen molar-refractivity contribution >= 4 is 24.3 Å². The SMILES string of the molecule is Cl.NC(N)=NCC(=O)N[C@H]1CCNC1. The van der Waals surface area contributed by atoms with Crippen LogP contribution in [-0.2, 0) is 4.79 Å². The van der Waals surface area contributed by atoms with Crippen LogP contribution in [0, 0.1) is 0 Å². The molecule has 1 aliphatic rings. The minimum Gasteiger partial charge on any atom is -0.370 e. The first-order valence-corrected chi connectivity index (χ1v) is 4.24. The fourth-order valence-corrected chi connectivity index (χ4v) is 1.21. The van der Waals surface area contributed by atoms with E-state index in [0.717, 1.165) is 19.5 Å². The Labute approximate surface area is 88.9 Å². The number of halogens is 1. The molecule has 6 N–H and O–H groups in total. The highest BCUT2D eigenvalue weighted by atomic mass is 35.5. The van der Waals surface area contributed by atoms with Crippen LogP contribution in [0.4, 0.5) is 0 Å². The second-order valence-electron chi connectivity index (χ2n) is 3.00. The van der Waals surface area contributed by atoms with Crippen LogP contribution in [0.5, 0.6) is 0 Å². The molecule has 0 unspecified atom stereocenters.